The molecule has 1 aliphatic carbocycles. The van der Waals surface area contributed by atoms with E-state index in [0.29, 0.717) is 23.1 Å². The Kier molecular flexibility index (Phi) is 6.83. The van der Waals surface area contributed by atoms with Gasteiger partial charge in [0.2, 0.25) is 11.9 Å². The molecule has 3 atom stereocenters. The molecule has 0 bridgehead atoms. The molecule has 1 amide bonds. The Labute approximate surface area is 205 Å². The van der Waals surface area contributed by atoms with E-state index in [2.05, 4.69) is 33.2 Å². The van der Waals surface area contributed by atoms with E-state index in [9.17, 15) is 4.79 Å². The van der Waals surface area contributed by atoms with Gasteiger partial charge in [-0.3, -0.25) is 4.79 Å². The number of hydrogen-bond acceptors (Lipinski definition) is 5. The topological polar surface area (TPSA) is 85.9 Å². The summed E-state index contributed by atoms with van der Waals surface area (Å²) in [6.45, 7) is 5.21. The number of aromatic amines is 1. The van der Waals surface area contributed by atoms with Gasteiger partial charge in [-0.15, -0.1) is 0 Å². The van der Waals surface area contributed by atoms with Gasteiger partial charge >= 0.3 is 0 Å². The lowest BCUT2D eigenvalue weighted by atomic mass is 9.90. The van der Waals surface area contributed by atoms with Crippen molar-refractivity contribution in [2.45, 2.75) is 56.7 Å². The van der Waals surface area contributed by atoms with Crippen molar-refractivity contribution in [3.05, 3.63) is 54.3 Å². The first kappa shape index (κ1) is 22.9. The molecule has 3 heterocycles. The van der Waals surface area contributed by atoms with Gasteiger partial charge in [-0.05, 0) is 50.7 Å². The number of fused-ring (bicyclic) bond motifs is 1. The average molecular weight is 479 g/mol. The molecule has 1 saturated carbocycles. The summed E-state index contributed by atoms with van der Waals surface area (Å²) < 4.78 is 0. The fourth-order valence-electron chi connectivity index (χ4n) is 5.32. The van der Waals surface area contributed by atoms with Crippen molar-refractivity contribution < 1.29 is 4.79 Å². The van der Waals surface area contributed by atoms with E-state index >= 15 is 0 Å². The summed E-state index contributed by atoms with van der Waals surface area (Å²) >= 11 is 6.50. The highest BCUT2D eigenvalue weighted by molar-refractivity contribution is 6.33. The van der Waals surface area contributed by atoms with Crippen LogP contribution in [-0.4, -0.2) is 57.0 Å². The normalized spacial score (nSPS) is 23.1. The zero-order valence-electron chi connectivity index (χ0n) is 19.3. The molecule has 7 nitrogen and oxygen atoms in total. The second-order valence-corrected chi connectivity index (χ2v) is 9.74. The highest BCUT2D eigenvalue weighted by atomic mass is 35.5. The summed E-state index contributed by atoms with van der Waals surface area (Å²) in [6, 6.07) is 9.17. The maximum atomic E-state index is 12.0. The summed E-state index contributed by atoms with van der Waals surface area (Å²) in [5, 5.41) is 8.99. The Balaban J connectivity index is 1.25. The van der Waals surface area contributed by atoms with Crippen LogP contribution in [0.25, 0.3) is 22.2 Å². The number of benzene rings is 1. The number of piperidine rings is 1. The van der Waals surface area contributed by atoms with Crippen LogP contribution in [0.15, 0.2) is 49.3 Å². The van der Waals surface area contributed by atoms with Gasteiger partial charge in [-0.25, -0.2) is 9.97 Å². The first-order chi connectivity index (χ1) is 16.6. The molecule has 0 radical (unpaired) electrons. The summed E-state index contributed by atoms with van der Waals surface area (Å²) in [4.78, 5) is 26.5. The van der Waals surface area contributed by atoms with Gasteiger partial charge in [0.1, 0.15) is 0 Å². The van der Waals surface area contributed by atoms with Gasteiger partial charge in [0.25, 0.3) is 0 Å². The number of rotatable bonds is 6. The van der Waals surface area contributed by atoms with Gasteiger partial charge in [0.15, 0.2) is 0 Å². The van der Waals surface area contributed by atoms with Gasteiger partial charge in [-0.2, -0.15) is 0 Å². The van der Waals surface area contributed by atoms with Crippen LogP contribution in [0.2, 0.25) is 5.02 Å². The molecule has 3 N–H and O–H groups in total. The van der Waals surface area contributed by atoms with Gasteiger partial charge < -0.3 is 20.5 Å². The minimum Gasteiger partial charge on any atom is -0.360 e. The van der Waals surface area contributed by atoms with Crippen molar-refractivity contribution in [1.29, 1.82) is 0 Å². The molecular weight excluding hydrogens is 448 g/mol. The number of H-pyrrole nitrogens is 1. The van der Waals surface area contributed by atoms with Gasteiger partial charge in [0, 0.05) is 53.9 Å². The Hall–Kier alpha value is -2.90. The number of carbonyl (C=O) groups excluding carboxylic acids is 1. The summed E-state index contributed by atoms with van der Waals surface area (Å²) in [6.07, 6.45) is 11.5. The monoisotopic (exact) mass is 478 g/mol. The lowest BCUT2D eigenvalue weighted by Crippen LogP contribution is -2.52. The number of likely N-dealkylation sites (tertiary alicyclic amines) is 1. The average Bonchev–Trinajstić information content (AvgIpc) is 3.29. The number of nitrogens with zero attached hydrogens (tertiary/aromatic N) is 3. The van der Waals surface area contributed by atoms with Crippen molar-refractivity contribution >= 4 is 34.4 Å². The van der Waals surface area contributed by atoms with Crippen LogP contribution in [0.1, 0.15) is 38.5 Å². The van der Waals surface area contributed by atoms with E-state index in [1.54, 1.807) is 6.20 Å². The lowest BCUT2D eigenvalue weighted by molar-refractivity contribution is -0.127. The van der Waals surface area contributed by atoms with Crippen LogP contribution in [-0.2, 0) is 4.79 Å². The maximum Gasteiger partial charge on any atom is 0.246 e. The van der Waals surface area contributed by atoms with Gasteiger partial charge in [0.05, 0.1) is 16.9 Å². The van der Waals surface area contributed by atoms with Crippen molar-refractivity contribution in [3.63, 3.8) is 0 Å². The van der Waals surface area contributed by atoms with Crippen LogP contribution in [0.5, 0.6) is 0 Å². The van der Waals surface area contributed by atoms with E-state index in [1.807, 2.05) is 29.3 Å². The van der Waals surface area contributed by atoms with E-state index in [0.717, 1.165) is 73.8 Å². The smallest absolute Gasteiger partial charge is 0.246 e. The predicted molar refractivity (Wildman–Crippen MR) is 137 cm³/mol. The number of aromatic nitrogens is 3. The summed E-state index contributed by atoms with van der Waals surface area (Å²) in [5.41, 5.74) is 2.76. The molecule has 2 aliphatic rings. The molecule has 1 saturated heterocycles. The first-order valence-electron chi connectivity index (χ1n) is 12.1. The Morgan fingerprint density at radius 3 is 2.88 bits per heavy atom. The number of carbonyl (C=O) groups is 1. The standard InChI is InChI=1S/C26H31ClN6O/c1-2-24(34)33-12-6-9-19(16-33)30-17-7-5-8-18(13-17)31-26-29-15-22(27)25(32-26)21-14-28-23-11-4-3-10-20(21)23/h2-4,10-11,14-15,17-19,28,30H,1,5-9,12-13,16H2,(H,29,31,32)/t17-,18+,19?/m0/s1. The zero-order valence-corrected chi connectivity index (χ0v) is 20.0. The molecule has 8 heteroatoms. The Bertz CT molecular complexity index is 1180. The van der Waals surface area contributed by atoms with Crippen LogP contribution < -0.4 is 10.6 Å². The molecule has 2 fully saturated rings. The predicted octanol–water partition coefficient (Wildman–Crippen LogP) is 4.77. The first-order valence-corrected chi connectivity index (χ1v) is 12.5. The van der Waals surface area contributed by atoms with E-state index in [4.69, 9.17) is 16.6 Å². The third-order valence-corrected chi connectivity index (χ3v) is 7.25. The number of amides is 1. The molecule has 1 aliphatic heterocycles. The third-order valence-electron chi connectivity index (χ3n) is 6.97. The van der Waals surface area contributed by atoms with Crippen molar-refractivity contribution in [2.24, 2.45) is 0 Å². The van der Waals surface area contributed by atoms with E-state index in [-0.39, 0.29) is 11.9 Å². The van der Waals surface area contributed by atoms with Crippen LogP contribution in [0.4, 0.5) is 5.95 Å². The molecule has 1 unspecified atom stereocenters. The SMILES string of the molecule is C=CC(=O)N1CCCC(N[C@H]2CCC[C@@H](Nc3ncc(Cl)c(-c4c[nH]c5ccccc45)n3)C2)C1. The van der Waals surface area contributed by atoms with E-state index < -0.39 is 0 Å². The lowest BCUT2D eigenvalue weighted by Gasteiger charge is -2.37. The number of hydrogen-bond donors (Lipinski definition) is 3. The molecule has 5 rings (SSSR count). The fourth-order valence-corrected chi connectivity index (χ4v) is 5.52. The highest BCUT2D eigenvalue weighted by Gasteiger charge is 2.28. The van der Waals surface area contributed by atoms with Crippen LogP contribution in [0.3, 0.4) is 0 Å². The number of nitrogens with one attached hydrogen (secondary N) is 3. The minimum absolute atomic E-state index is 0.0283. The highest BCUT2D eigenvalue weighted by Crippen LogP contribution is 2.32. The van der Waals surface area contributed by atoms with Gasteiger partial charge in [-0.1, -0.05) is 36.4 Å². The number of halogens is 1. The van der Waals surface area contributed by atoms with Crippen molar-refractivity contribution in [1.82, 2.24) is 25.2 Å². The van der Waals surface area contributed by atoms with E-state index in [1.165, 1.54) is 6.08 Å². The molecule has 0 spiro atoms. The zero-order chi connectivity index (χ0) is 23.5. The molecule has 34 heavy (non-hydrogen) atoms. The van der Waals surface area contributed by atoms with Crippen LogP contribution >= 0.6 is 11.6 Å². The third kappa shape index (κ3) is 4.95. The second-order valence-electron chi connectivity index (χ2n) is 9.34. The van der Waals surface area contributed by atoms with Crippen molar-refractivity contribution in [3.8, 4) is 11.3 Å². The largest absolute Gasteiger partial charge is 0.360 e. The molecule has 178 valence electrons. The van der Waals surface area contributed by atoms with Crippen LogP contribution in [0, 0.1) is 0 Å². The molecular formula is C26H31ClN6O. The van der Waals surface area contributed by atoms with Crippen molar-refractivity contribution in [2.75, 3.05) is 18.4 Å². The second kappa shape index (κ2) is 10.2. The molecule has 1 aromatic carbocycles. The number of para-hydroxylation sites is 1. The Morgan fingerprint density at radius 1 is 1.18 bits per heavy atom. The maximum absolute atomic E-state index is 12.0. The number of anilines is 1. The minimum atomic E-state index is 0.0283. The molecule has 3 aromatic rings. The fraction of sp³-hybridized carbons (Fsp3) is 0.423. The summed E-state index contributed by atoms with van der Waals surface area (Å²) in [7, 11) is 0. The summed E-state index contributed by atoms with van der Waals surface area (Å²) in [5.74, 6) is 0.635. The Morgan fingerprint density at radius 2 is 2.00 bits per heavy atom. The quantitative estimate of drug-likeness (QED) is 0.444. The molecule has 2 aromatic heterocycles.